The molecule has 1 aliphatic heterocycles. The predicted molar refractivity (Wildman–Crippen MR) is 55.2 cm³/mol. The van der Waals surface area contributed by atoms with Gasteiger partial charge in [0, 0.05) is 6.54 Å². The Labute approximate surface area is 93.5 Å². The summed E-state index contributed by atoms with van der Waals surface area (Å²) in [4.78, 5) is 21.4. The first-order valence-electron chi connectivity index (χ1n) is 4.88. The van der Waals surface area contributed by atoms with Crippen molar-refractivity contribution in [2.45, 2.75) is 12.8 Å². The lowest BCUT2D eigenvalue weighted by Crippen LogP contribution is -2.45. The number of carbonyl (C=O) groups excluding carboxylic acids is 1. The average molecular weight is 250 g/mol. The summed E-state index contributed by atoms with van der Waals surface area (Å²) in [6.45, 7) is -0.467. The highest BCUT2D eigenvalue weighted by Gasteiger charge is 2.27. The molecule has 0 aromatic rings. The fourth-order valence-electron chi connectivity index (χ4n) is 1.41. The highest BCUT2D eigenvalue weighted by atomic mass is 32.2. The fourth-order valence-corrected chi connectivity index (χ4v) is 2.96. The van der Waals surface area contributed by atoms with Gasteiger partial charge in [-0.1, -0.05) is 0 Å². The summed E-state index contributed by atoms with van der Waals surface area (Å²) in [7, 11) is -3.33. The van der Waals surface area contributed by atoms with E-state index in [1.165, 1.54) is 0 Å². The van der Waals surface area contributed by atoms with E-state index < -0.39 is 28.4 Å². The molecule has 1 amide bonds. The Balaban J connectivity index is 2.46. The van der Waals surface area contributed by atoms with E-state index in [2.05, 4.69) is 5.32 Å². The molecule has 0 aromatic heterocycles. The van der Waals surface area contributed by atoms with Crippen LogP contribution in [0.4, 0.5) is 0 Å². The molecule has 1 fully saturated rings. The van der Waals surface area contributed by atoms with Crippen LogP contribution in [-0.4, -0.2) is 55.1 Å². The number of sulfonamides is 1. The van der Waals surface area contributed by atoms with Crippen LogP contribution >= 0.6 is 0 Å². The number of aliphatic carboxylic acids is 1. The monoisotopic (exact) mass is 250 g/mol. The Kier molecular flexibility index (Phi) is 4.25. The van der Waals surface area contributed by atoms with E-state index in [1.807, 2.05) is 0 Å². The minimum absolute atomic E-state index is 0.0548. The third kappa shape index (κ3) is 3.78. The Morgan fingerprint density at radius 1 is 1.31 bits per heavy atom. The van der Waals surface area contributed by atoms with Crippen molar-refractivity contribution in [3.63, 3.8) is 0 Å². The SMILES string of the molecule is O=C(O)CNC(=O)CN1CCCCS1(=O)=O. The van der Waals surface area contributed by atoms with Crippen LogP contribution in [0.3, 0.4) is 0 Å². The Morgan fingerprint density at radius 3 is 2.56 bits per heavy atom. The molecule has 0 spiro atoms. The number of rotatable bonds is 4. The van der Waals surface area contributed by atoms with Gasteiger partial charge in [0.1, 0.15) is 6.54 Å². The molecule has 0 aliphatic carbocycles. The van der Waals surface area contributed by atoms with Crippen LogP contribution in [0, 0.1) is 0 Å². The van der Waals surface area contributed by atoms with Crippen LogP contribution in [0.25, 0.3) is 0 Å². The van der Waals surface area contributed by atoms with E-state index >= 15 is 0 Å². The molecule has 0 bridgehead atoms. The standard InChI is InChI=1S/C8H14N2O5S/c11-7(9-5-8(12)13)6-10-3-1-2-4-16(10,14)15/h1-6H2,(H,9,11)(H,12,13). The molecule has 0 atom stereocenters. The summed E-state index contributed by atoms with van der Waals surface area (Å²) in [5.41, 5.74) is 0. The van der Waals surface area contributed by atoms with Crippen LogP contribution in [-0.2, 0) is 19.6 Å². The summed E-state index contributed by atoms with van der Waals surface area (Å²) >= 11 is 0. The Hall–Kier alpha value is -1.15. The van der Waals surface area contributed by atoms with Gasteiger partial charge in [-0.15, -0.1) is 0 Å². The second-order valence-corrected chi connectivity index (χ2v) is 5.62. The topological polar surface area (TPSA) is 104 Å². The molecular formula is C8H14N2O5S. The molecule has 0 aromatic carbocycles. The molecule has 0 unspecified atom stereocenters. The lowest BCUT2D eigenvalue weighted by molar-refractivity contribution is -0.137. The van der Waals surface area contributed by atoms with Gasteiger partial charge in [0.15, 0.2) is 0 Å². The Morgan fingerprint density at radius 2 is 2.00 bits per heavy atom. The highest BCUT2D eigenvalue weighted by Crippen LogP contribution is 2.12. The molecule has 92 valence electrons. The van der Waals surface area contributed by atoms with Crippen LogP contribution in [0.5, 0.6) is 0 Å². The molecule has 0 saturated carbocycles. The van der Waals surface area contributed by atoms with Crippen molar-refractivity contribution in [3.8, 4) is 0 Å². The number of amides is 1. The number of carboxylic acid groups (broad SMARTS) is 1. The van der Waals surface area contributed by atoms with E-state index in [-0.39, 0.29) is 12.3 Å². The summed E-state index contributed by atoms with van der Waals surface area (Å²) in [5, 5.41) is 10.4. The summed E-state index contributed by atoms with van der Waals surface area (Å²) in [6.07, 6.45) is 1.33. The minimum atomic E-state index is -3.33. The summed E-state index contributed by atoms with van der Waals surface area (Å²) in [5.74, 6) is -1.69. The van der Waals surface area contributed by atoms with E-state index in [0.29, 0.717) is 13.0 Å². The van der Waals surface area contributed by atoms with Crippen molar-refractivity contribution < 1.29 is 23.1 Å². The zero-order valence-corrected chi connectivity index (χ0v) is 9.49. The van der Waals surface area contributed by atoms with E-state index in [1.54, 1.807) is 0 Å². The van der Waals surface area contributed by atoms with Gasteiger partial charge in [-0.05, 0) is 12.8 Å². The van der Waals surface area contributed by atoms with Gasteiger partial charge in [0.2, 0.25) is 15.9 Å². The third-order valence-electron chi connectivity index (χ3n) is 2.21. The van der Waals surface area contributed by atoms with Crippen molar-refractivity contribution in [1.82, 2.24) is 9.62 Å². The Bertz CT molecular complexity index is 378. The molecule has 8 heteroatoms. The first kappa shape index (κ1) is 12.9. The van der Waals surface area contributed by atoms with Gasteiger partial charge in [0.05, 0.1) is 12.3 Å². The van der Waals surface area contributed by atoms with E-state index in [0.717, 1.165) is 10.7 Å². The molecule has 0 radical (unpaired) electrons. The maximum Gasteiger partial charge on any atom is 0.322 e. The number of nitrogens with one attached hydrogen (secondary N) is 1. The van der Waals surface area contributed by atoms with Crippen LogP contribution in [0.15, 0.2) is 0 Å². The van der Waals surface area contributed by atoms with Crippen LogP contribution in [0.1, 0.15) is 12.8 Å². The van der Waals surface area contributed by atoms with Gasteiger partial charge in [-0.2, -0.15) is 4.31 Å². The van der Waals surface area contributed by atoms with Crippen molar-refractivity contribution in [3.05, 3.63) is 0 Å². The first-order valence-corrected chi connectivity index (χ1v) is 6.49. The largest absolute Gasteiger partial charge is 0.480 e. The lowest BCUT2D eigenvalue weighted by atomic mass is 10.3. The number of hydrogen-bond donors (Lipinski definition) is 2. The van der Waals surface area contributed by atoms with Gasteiger partial charge >= 0.3 is 5.97 Å². The van der Waals surface area contributed by atoms with Crippen LogP contribution < -0.4 is 5.32 Å². The molecule has 7 nitrogen and oxygen atoms in total. The van der Waals surface area contributed by atoms with Crippen molar-refractivity contribution in [2.75, 3.05) is 25.4 Å². The van der Waals surface area contributed by atoms with Crippen molar-refractivity contribution in [2.24, 2.45) is 0 Å². The molecule has 1 aliphatic rings. The molecule has 16 heavy (non-hydrogen) atoms. The van der Waals surface area contributed by atoms with Crippen LogP contribution in [0.2, 0.25) is 0 Å². The average Bonchev–Trinajstić information content (AvgIpc) is 2.18. The smallest absolute Gasteiger partial charge is 0.322 e. The molecule has 1 rings (SSSR count). The zero-order valence-electron chi connectivity index (χ0n) is 8.68. The van der Waals surface area contributed by atoms with Gasteiger partial charge in [-0.3, -0.25) is 9.59 Å². The van der Waals surface area contributed by atoms with Gasteiger partial charge < -0.3 is 10.4 Å². The minimum Gasteiger partial charge on any atom is -0.480 e. The lowest BCUT2D eigenvalue weighted by Gasteiger charge is -2.25. The summed E-state index contributed by atoms with van der Waals surface area (Å²) < 4.78 is 24.1. The number of carboxylic acids is 1. The third-order valence-corrected chi connectivity index (χ3v) is 4.11. The van der Waals surface area contributed by atoms with Gasteiger partial charge in [-0.25, -0.2) is 8.42 Å². The second kappa shape index (κ2) is 5.26. The molecule has 1 saturated heterocycles. The van der Waals surface area contributed by atoms with Crippen molar-refractivity contribution in [1.29, 1.82) is 0 Å². The number of nitrogens with zero attached hydrogens (tertiary/aromatic N) is 1. The van der Waals surface area contributed by atoms with E-state index in [9.17, 15) is 18.0 Å². The van der Waals surface area contributed by atoms with E-state index in [4.69, 9.17) is 5.11 Å². The number of carbonyl (C=O) groups is 2. The van der Waals surface area contributed by atoms with Crippen molar-refractivity contribution >= 4 is 21.9 Å². The summed E-state index contributed by atoms with van der Waals surface area (Å²) in [6, 6.07) is 0. The fraction of sp³-hybridized carbons (Fsp3) is 0.750. The molecule has 1 heterocycles. The normalized spacial score (nSPS) is 20.2. The first-order chi connectivity index (χ1) is 7.42. The number of hydrogen-bond acceptors (Lipinski definition) is 4. The maximum atomic E-state index is 11.5. The molecule has 2 N–H and O–H groups in total. The molecular weight excluding hydrogens is 236 g/mol. The zero-order chi connectivity index (χ0) is 12.2. The maximum absolute atomic E-state index is 11.5. The van der Waals surface area contributed by atoms with Gasteiger partial charge in [0.25, 0.3) is 0 Å². The highest BCUT2D eigenvalue weighted by molar-refractivity contribution is 7.89. The quantitative estimate of drug-likeness (QED) is 0.639. The second-order valence-electron chi connectivity index (χ2n) is 3.53. The predicted octanol–water partition coefficient (Wildman–Crippen LogP) is -1.39.